The Hall–Kier alpha value is -2.70. The molecule has 1 heterocycles. The van der Waals surface area contributed by atoms with Crippen molar-refractivity contribution in [1.29, 1.82) is 0 Å². The van der Waals surface area contributed by atoms with Gasteiger partial charge in [-0.3, -0.25) is 9.59 Å². The largest absolute Gasteiger partial charge is 0.481 e. The van der Waals surface area contributed by atoms with Crippen LogP contribution in [0.25, 0.3) is 5.69 Å². The molecule has 0 saturated carbocycles. The number of carboxylic acids is 1. The monoisotopic (exact) mass is 288 g/mol. The van der Waals surface area contributed by atoms with Gasteiger partial charge in [0.15, 0.2) is 0 Å². The van der Waals surface area contributed by atoms with Crippen LogP contribution in [0, 0.1) is 5.92 Å². The lowest BCUT2D eigenvalue weighted by Gasteiger charge is -2.19. The van der Waals surface area contributed by atoms with Gasteiger partial charge in [-0.15, -0.1) is 5.10 Å². The first-order valence-corrected chi connectivity index (χ1v) is 6.44. The fraction of sp³-hybridized carbons (Fsp3) is 0.286. The van der Waals surface area contributed by atoms with E-state index in [2.05, 4.69) is 10.3 Å². The van der Waals surface area contributed by atoms with E-state index in [0.29, 0.717) is 5.56 Å². The molecule has 2 rings (SSSR count). The highest BCUT2D eigenvalue weighted by molar-refractivity contribution is 5.94. The molecule has 0 fully saturated rings. The molecule has 7 nitrogen and oxygen atoms in total. The molecule has 0 aliphatic rings. The molecule has 2 aromatic rings. The van der Waals surface area contributed by atoms with Crippen molar-refractivity contribution in [1.82, 2.24) is 19.9 Å². The molecule has 110 valence electrons. The van der Waals surface area contributed by atoms with Crippen molar-refractivity contribution in [2.45, 2.75) is 6.92 Å². The summed E-state index contributed by atoms with van der Waals surface area (Å²) in [5, 5.41) is 16.5. The first-order valence-electron chi connectivity index (χ1n) is 6.44. The third-order valence-corrected chi connectivity index (χ3v) is 3.10. The van der Waals surface area contributed by atoms with E-state index in [0.717, 1.165) is 5.69 Å². The number of amides is 1. The normalized spacial score (nSPS) is 11.9. The molecule has 0 saturated heterocycles. The highest BCUT2D eigenvalue weighted by Crippen LogP contribution is 2.12. The van der Waals surface area contributed by atoms with Crippen LogP contribution in [0.5, 0.6) is 0 Å². The Morgan fingerprint density at radius 1 is 1.43 bits per heavy atom. The van der Waals surface area contributed by atoms with E-state index >= 15 is 0 Å². The highest BCUT2D eigenvalue weighted by Gasteiger charge is 2.18. The van der Waals surface area contributed by atoms with Gasteiger partial charge in [-0.2, -0.15) is 0 Å². The van der Waals surface area contributed by atoms with E-state index in [4.69, 9.17) is 5.11 Å². The quantitative estimate of drug-likeness (QED) is 0.888. The maximum atomic E-state index is 12.3. The summed E-state index contributed by atoms with van der Waals surface area (Å²) in [6, 6.07) is 6.94. The van der Waals surface area contributed by atoms with Crippen LogP contribution in [0.15, 0.2) is 36.7 Å². The second-order valence-corrected chi connectivity index (χ2v) is 4.82. The molecule has 1 amide bonds. The zero-order valence-corrected chi connectivity index (χ0v) is 11.8. The lowest BCUT2D eigenvalue weighted by atomic mass is 10.1. The van der Waals surface area contributed by atoms with Gasteiger partial charge in [-0.25, -0.2) is 4.68 Å². The predicted octanol–water partition coefficient (Wildman–Crippen LogP) is 1.06. The molecule has 0 aliphatic carbocycles. The number of carboxylic acid groups (broad SMARTS) is 1. The van der Waals surface area contributed by atoms with Gasteiger partial charge in [-0.05, 0) is 18.2 Å². The summed E-state index contributed by atoms with van der Waals surface area (Å²) >= 11 is 0. The molecule has 1 aromatic carbocycles. The van der Waals surface area contributed by atoms with Gasteiger partial charge in [0.1, 0.15) is 0 Å². The highest BCUT2D eigenvalue weighted by atomic mass is 16.4. The molecule has 0 radical (unpaired) electrons. The van der Waals surface area contributed by atoms with Gasteiger partial charge in [0.2, 0.25) is 0 Å². The van der Waals surface area contributed by atoms with Crippen molar-refractivity contribution in [3.8, 4) is 5.69 Å². The zero-order chi connectivity index (χ0) is 15.4. The van der Waals surface area contributed by atoms with Crippen molar-refractivity contribution in [2.75, 3.05) is 13.6 Å². The number of rotatable bonds is 5. The Balaban J connectivity index is 2.16. The molecule has 0 spiro atoms. The van der Waals surface area contributed by atoms with Crippen LogP contribution >= 0.6 is 0 Å². The van der Waals surface area contributed by atoms with Crippen molar-refractivity contribution in [3.05, 3.63) is 42.2 Å². The second-order valence-electron chi connectivity index (χ2n) is 4.82. The summed E-state index contributed by atoms with van der Waals surface area (Å²) in [5.41, 5.74) is 1.20. The summed E-state index contributed by atoms with van der Waals surface area (Å²) in [7, 11) is 1.59. The number of nitrogens with zero attached hydrogens (tertiary/aromatic N) is 4. The van der Waals surface area contributed by atoms with Crippen LogP contribution in [0.3, 0.4) is 0 Å². The molecule has 1 unspecified atom stereocenters. The summed E-state index contributed by atoms with van der Waals surface area (Å²) in [4.78, 5) is 24.6. The number of aromatic nitrogens is 3. The fourth-order valence-electron chi connectivity index (χ4n) is 1.92. The summed E-state index contributed by atoms with van der Waals surface area (Å²) < 4.78 is 1.55. The Labute approximate surface area is 121 Å². The molecule has 1 N–H and O–H groups in total. The van der Waals surface area contributed by atoms with Crippen LogP contribution in [0.2, 0.25) is 0 Å². The van der Waals surface area contributed by atoms with Crippen LogP contribution in [0.1, 0.15) is 17.3 Å². The van der Waals surface area contributed by atoms with Gasteiger partial charge in [-0.1, -0.05) is 18.2 Å². The molecule has 0 bridgehead atoms. The first-order chi connectivity index (χ1) is 9.99. The fourth-order valence-corrected chi connectivity index (χ4v) is 1.92. The Morgan fingerprint density at radius 3 is 2.81 bits per heavy atom. The lowest BCUT2D eigenvalue weighted by molar-refractivity contribution is -0.141. The average Bonchev–Trinajstić information content (AvgIpc) is 3.00. The minimum atomic E-state index is -0.925. The van der Waals surface area contributed by atoms with Crippen LogP contribution in [0.4, 0.5) is 0 Å². The molecule has 7 heteroatoms. The van der Waals surface area contributed by atoms with E-state index in [9.17, 15) is 9.59 Å². The molecular weight excluding hydrogens is 272 g/mol. The number of aliphatic carboxylic acids is 1. The van der Waals surface area contributed by atoms with E-state index < -0.39 is 11.9 Å². The van der Waals surface area contributed by atoms with Crippen molar-refractivity contribution in [2.24, 2.45) is 5.92 Å². The number of carbonyl (C=O) groups is 2. The van der Waals surface area contributed by atoms with Crippen LogP contribution in [-0.4, -0.2) is 50.5 Å². The standard InChI is InChI=1S/C14H16N4O3/c1-10(14(20)21)9-17(2)13(19)11-4-3-5-12(8-11)18-7-6-15-16-18/h3-8,10H,9H2,1-2H3,(H,20,21). The average molecular weight is 288 g/mol. The maximum Gasteiger partial charge on any atom is 0.308 e. The predicted molar refractivity (Wildman–Crippen MR) is 75.1 cm³/mol. The van der Waals surface area contributed by atoms with Gasteiger partial charge in [0.25, 0.3) is 5.91 Å². The Morgan fingerprint density at radius 2 is 2.19 bits per heavy atom. The second kappa shape index (κ2) is 6.17. The summed E-state index contributed by atoms with van der Waals surface area (Å²) in [5.74, 6) is -1.77. The molecule has 0 aliphatic heterocycles. The topological polar surface area (TPSA) is 88.3 Å². The first kappa shape index (κ1) is 14.7. The summed E-state index contributed by atoms with van der Waals surface area (Å²) in [6.07, 6.45) is 3.23. The Bertz CT molecular complexity index is 639. The van der Waals surface area contributed by atoms with Gasteiger partial charge in [0, 0.05) is 19.2 Å². The third kappa shape index (κ3) is 3.44. The maximum absolute atomic E-state index is 12.3. The third-order valence-electron chi connectivity index (χ3n) is 3.10. The zero-order valence-electron chi connectivity index (χ0n) is 11.8. The van der Waals surface area contributed by atoms with Crippen molar-refractivity contribution >= 4 is 11.9 Å². The SMILES string of the molecule is CC(CN(C)C(=O)c1cccc(-n2ccnn2)c1)C(=O)O. The van der Waals surface area contributed by atoms with Crippen molar-refractivity contribution in [3.63, 3.8) is 0 Å². The molecule has 1 atom stereocenters. The van der Waals surface area contributed by atoms with E-state index in [1.165, 1.54) is 4.90 Å². The van der Waals surface area contributed by atoms with E-state index in [1.54, 1.807) is 49.2 Å². The number of carbonyl (C=O) groups excluding carboxylic acids is 1. The number of hydrogen-bond donors (Lipinski definition) is 1. The lowest BCUT2D eigenvalue weighted by Crippen LogP contribution is -2.33. The molecule has 1 aromatic heterocycles. The Kier molecular flexibility index (Phi) is 4.32. The van der Waals surface area contributed by atoms with Gasteiger partial charge < -0.3 is 10.0 Å². The van der Waals surface area contributed by atoms with Gasteiger partial charge in [0.05, 0.1) is 24.0 Å². The summed E-state index contributed by atoms with van der Waals surface area (Å²) in [6.45, 7) is 1.72. The van der Waals surface area contributed by atoms with Crippen LogP contribution in [-0.2, 0) is 4.79 Å². The minimum Gasteiger partial charge on any atom is -0.481 e. The van der Waals surface area contributed by atoms with E-state index in [-0.39, 0.29) is 12.5 Å². The molecular formula is C14H16N4O3. The molecule has 21 heavy (non-hydrogen) atoms. The number of benzene rings is 1. The smallest absolute Gasteiger partial charge is 0.308 e. The van der Waals surface area contributed by atoms with E-state index in [1.807, 2.05) is 6.07 Å². The number of hydrogen-bond acceptors (Lipinski definition) is 4. The van der Waals surface area contributed by atoms with Gasteiger partial charge >= 0.3 is 5.97 Å². The van der Waals surface area contributed by atoms with Crippen LogP contribution < -0.4 is 0 Å². The van der Waals surface area contributed by atoms with Crippen molar-refractivity contribution < 1.29 is 14.7 Å². The minimum absolute atomic E-state index is 0.154.